The lowest BCUT2D eigenvalue weighted by atomic mass is 10.1. The highest BCUT2D eigenvalue weighted by Crippen LogP contribution is 2.18. The number of quaternary nitrogens is 1. The maximum atomic E-state index is 12.4. The van der Waals surface area contributed by atoms with Crippen LogP contribution in [-0.2, 0) is 9.59 Å². The number of carbonyl (C=O) groups is 2. The molecular formula is C19H31N4O3+. The first-order chi connectivity index (χ1) is 12.1. The van der Waals surface area contributed by atoms with Crippen molar-refractivity contribution in [2.24, 2.45) is 0 Å². The molecule has 0 spiro atoms. The van der Waals surface area contributed by atoms with E-state index in [1.807, 2.05) is 32.9 Å². The van der Waals surface area contributed by atoms with E-state index >= 15 is 0 Å². The van der Waals surface area contributed by atoms with Gasteiger partial charge in [-0.25, -0.2) is 0 Å². The molecule has 0 aliphatic carbocycles. The molecule has 1 aliphatic heterocycles. The van der Waals surface area contributed by atoms with Crippen LogP contribution in [0.2, 0.25) is 0 Å². The summed E-state index contributed by atoms with van der Waals surface area (Å²) in [6, 6.07) is 7.20. The maximum Gasteiger partial charge on any atom is 0.277 e. The van der Waals surface area contributed by atoms with E-state index in [1.165, 1.54) is 9.80 Å². The van der Waals surface area contributed by atoms with Crippen molar-refractivity contribution in [2.75, 3.05) is 51.2 Å². The molecule has 1 saturated heterocycles. The van der Waals surface area contributed by atoms with Gasteiger partial charge in [-0.3, -0.25) is 9.59 Å². The quantitative estimate of drug-likeness (QED) is 0.657. The van der Waals surface area contributed by atoms with Gasteiger partial charge in [0.05, 0.1) is 32.7 Å². The summed E-state index contributed by atoms with van der Waals surface area (Å²) >= 11 is 0. The summed E-state index contributed by atoms with van der Waals surface area (Å²) in [5, 5.41) is 12.3. The molecule has 144 valence electrons. The number of benzene rings is 1. The predicted molar refractivity (Wildman–Crippen MR) is 101 cm³/mol. The normalized spacial score (nSPS) is 15.6. The number of aromatic hydroxyl groups is 1. The van der Waals surface area contributed by atoms with Gasteiger partial charge in [-0.1, -0.05) is 0 Å². The zero-order valence-electron chi connectivity index (χ0n) is 16.2. The molecule has 0 saturated carbocycles. The summed E-state index contributed by atoms with van der Waals surface area (Å²) in [5.74, 6) is 0.116. The topological polar surface area (TPSA) is 77.3 Å². The minimum absolute atomic E-state index is 0.0119. The minimum atomic E-state index is -0.295. The summed E-state index contributed by atoms with van der Waals surface area (Å²) in [4.78, 5) is 29.3. The second-order valence-corrected chi connectivity index (χ2v) is 7.98. The fourth-order valence-electron chi connectivity index (χ4n) is 3.03. The van der Waals surface area contributed by atoms with Crippen LogP contribution in [0.25, 0.3) is 0 Å². The molecule has 0 unspecified atom stereocenters. The zero-order chi connectivity index (χ0) is 19.3. The Morgan fingerprint density at radius 1 is 1.19 bits per heavy atom. The fraction of sp³-hybridized carbons (Fsp3) is 0.579. The number of nitrogens with zero attached hydrogens (tertiary/aromatic N) is 2. The fourth-order valence-corrected chi connectivity index (χ4v) is 3.03. The molecule has 7 heteroatoms. The summed E-state index contributed by atoms with van der Waals surface area (Å²) in [6.07, 6.45) is 0. The maximum absolute atomic E-state index is 12.4. The van der Waals surface area contributed by atoms with Gasteiger partial charge in [0.15, 0.2) is 6.54 Å². The summed E-state index contributed by atoms with van der Waals surface area (Å²) in [7, 11) is 1.68. The molecule has 0 bridgehead atoms. The Balaban J connectivity index is 1.76. The van der Waals surface area contributed by atoms with Crippen molar-refractivity contribution < 1.29 is 19.6 Å². The first kappa shape index (κ1) is 20.0. The minimum Gasteiger partial charge on any atom is -0.508 e. The molecule has 1 heterocycles. The summed E-state index contributed by atoms with van der Waals surface area (Å²) in [6.45, 7) is 9.72. The SMILES string of the molecule is CN(CC(=O)NC(C)(C)C)C(=O)C[NH+]1CCN(c2ccc(O)cc2)CC1. The second-order valence-electron chi connectivity index (χ2n) is 7.98. The monoisotopic (exact) mass is 363 g/mol. The number of phenols is 1. The molecule has 3 N–H and O–H groups in total. The number of phenolic OH excluding ortho intramolecular Hbond substituents is 1. The van der Waals surface area contributed by atoms with Crippen LogP contribution in [0.1, 0.15) is 20.8 Å². The van der Waals surface area contributed by atoms with Gasteiger partial charge in [0, 0.05) is 18.3 Å². The number of nitrogens with one attached hydrogen (secondary N) is 2. The predicted octanol–water partition coefficient (Wildman–Crippen LogP) is -0.530. The Hall–Kier alpha value is -2.28. The van der Waals surface area contributed by atoms with Crippen LogP contribution in [0.3, 0.4) is 0 Å². The van der Waals surface area contributed by atoms with E-state index in [1.54, 1.807) is 19.2 Å². The molecule has 2 rings (SSSR count). The average molecular weight is 363 g/mol. The lowest BCUT2D eigenvalue weighted by Crippen LogP contribution is -3.15. The Labute approximate surface area is 155 Å². The number of carbonyl (C=O) groups excluding carboxylic acids is 2. The first-order valence-corrected chi connectivity index (χ1v) is 9.06. The molecule has 0 aromatic heterocycles. The summed E-state index contributed by atoms with van der Waals surface area (Å²) in [5.41, 5.74) is 0.792. The van der Waals surface area contributed by atoms with Crippen molar-refractivity contribution in [1.82, 2.24) is 10.2 Å². The van der Waals surface area contributed by atoms with Crippen LogP contribution < -0.4 is 15.1 Å². The van der Waals surface area contributed by atoms with Crippen LogP contribution in [0.4, 0.5) is 5.69 Å². The molecule has 1 fully saturated rings. The lowest BCUT2D eigenvalue weighted by molar-refractivity contribution is -0.892. The Morgan fingerprint density at radius 2 is 1.77 bits per heavy atom. The number of anilines is 1. The van der Waals surface area contributed by atoms with E-state index in [0.717, 1.165) is 31.9 Å². The van der Waals surface area contributed by atoms with Gasteiger partial charge < -0.3 is 25.1 Å². The third-order valence-electron chi connectivity index (χ3n) is 4.41. The molecule has 0 atom stereocenters. The van der Waals surface area contributed by atoms with Gasteiger partial charge in [-0.05, 0) is 45.0 Å². The lowest BCUT2D eigenvalue weighted by Gasteiger charge is -2.34. The zero-order valence-corrected chi connectivity index (χ0v) is 16.2. The second kappa shape index (κ2) is 8.40. The van der Waals surface area contributed by atoms with Crippen molar-refractivity contribution in [1.29, 1.82) is 0 Å². The molecule has 1 aliphatic rings. The molecule has 0 radical (unpaired) electrons. The van der Waals surface area contributed by atoms with E-state index < -0.39 is 0 Å². The molecule has 1 aromatic carbocycles. The van der Waals surface area contributed by atoms with Crippen molar-refractivity contribution >= 4 is 17.5 Å². The number of hydrogen-bond donors (Lipinski definition) is 3. The van der Waals surface area contributed by atoms with Crippen LogP contribution in [0, 0.1) is 0 Å². The molecule has 2 amide bonds. The van der Waals surface area contributed by atoms with Crippen LogP contribution in [-0.4, -0.2) is 73.7 Å². The molecule has 1 aromatic rings. The van der Waals surface area contributed by atoms with Crippen molar-refractivity contribution in [3.63, 3.8) is 0 Å². The van der Waals surface area contributed by atoms with E-state index in [4.69, 9.17) is 0 Å². The number of likely N-dealkylation sites (N-methyl/N-ethyl adjacent to an activating group) is 1. The third-order valence-corrected chi connectivity index (χ3v) is 4.41. The number of amides is 2. The van der Waals surface area contributed by atoms with Crippen molar-refractivity contribution in [3.8, 4) is 5.75 Å². The van der Waals surface area contributed by atoms with Crippen molar-refractivity contribution in [2.45, 2.75) is 26.3 Å². The average Bonchev–Trinajstić information content (AvgIpc) is 2.54. The standard InChI is InChI=1S/C19H30N4O3/c1-19(2,3)20-17(25)13-21(4)18(26)14-22-9-11-23(12-10-22)15-5-7-16(24)8-6-15/h5-8,24H,9-14H2,1-4H3,(H,20,25)/p+1. The van der Waals surface area contributed by atoms with Gasteiger partial charge >= 0.3 is 0 Å². The highest BCUT2D eigenvalue weighted by molar-refractivity contribution is 5.85. The largest absolute Gasteiger partial charge is 0.508 e. The van der Waals surface area contributed by atoms with Gasteiger partial charge in [-0.15, -0.1) is 0 Å². The summed E-state index contributed by atoms with van der Waals surface area (Å²) < 4.78 is 0. The van der Waals surface area contributed by atoms with Gasteiger partial charge in [0.25, 0.3) is 5.91 Å². The van der Waals surface area contributed by atoms with E-state index in [-0.39, 0.29) is 29.6 Å². The number of hydrogen-bond acceptors (Lipinski definition) is 4. The van der Waals surface area contributed by atoms with Gasteiger partial charge in [0.2, 0.25) is 5.91 Å². The number of rotatable bonds is 5. The number of piperazine rings is 1. The Bertz CT molecular complexity index is 617. The smallest absolute Gasteiger partial charge is 0.277 e. The Morgan fingerprint density at radius 3 is 2.31 bits per heavy atom. The van der Waals surface area contributed by atoms with E-state index in [2.05, 4.69) is 10.2 Å². The van der Waals surface area contributed by atoms with E-state index in [0.29, 0.717) is 6.54 Å². The van der Waals surface area contributed by atoms with Gasteiger partial charge in [-0.2, -0.15) is 0 Å². The highest BCUT2D eigenvalue weighted by Gasteiger charge is 2.25. The highest BCUT2D eigenvalue weighted by atomic mass is 16.3. The van der Waals surface area contributed by atoms with Gasteiger partial charge in [0.1, 0.15) is 5.75 Å². The van der Waals surface area contributed by atoms with Crippen molar-refractivity contribution in [3.05, 3.63) is 24.3 Å². The first-order valence-electron chi connectivity index (χ1n) is 9.06. The van der Waals surface area contributed by atoms with Crippen LogP contribution >= 0.6 is 0 Å². The van der Waals surface area contributed by atoms with E-state index in [9.17, 15) is 14.7 Å². The third kappa shape index (κ3) is 6.22. The molecule has 26 heavy (non-hydrogen) atoms. The van der Waals surface area contributed by atoms with Crippen LogP contribution in [0.5, 0.6) is 5.75 Å². The Kier molecular flexibility index (Phi) is 6.47. The van der Waals surface area contributed by atoms with Crippen LogP contribution in [0.15, 0.2) is 24.3 Å². The molecular weight excluding hydrogens is 332 g/mol. The molecule has 7 nitrogen and oxygen atoms in total.